The van der Waals surface area contributed by atoms with E-state index in [1.807, 2.05) is 0 Å². The fourth-order valence-corrected chi connectivity index (χ4v) is 3.43. The second kappa shape index (κ2) is 5.69. The zero-order valence-corrected chi connectivity index (χ0v) is 12.7. The highest BCUT2D eigenvalue weighted by atomic mass is 79.9. The van der Waals surface area contributed by atoms with Crippen molar-refractivity contribution in [3.63, 3.8) is 0 Å². The number of sulfone groups is 1. The van der Waals surface area contributed by atoms with Crippen molar-refractivity contribution in [3.05, 3.63) is 0 Å². The lowest BCUT2D eigenvalue weighted by molar-refractivity contribution is -0.120. The fourth-order valence-electron chi connectivity index (χ4n) is 2.18. The average molecular weight is 326 g/mol. The van der Waals surface area contributed by atoms with Crippen LogP contribution in [0.15, 0.2) is 0 Å². The SMILES string of the molecule is CC1CCC(CBr)(NC(=O)CS(C)(=O)=O)CC1. The lowest BCUT2D eigenvalue weighted by Gasteiger charge is -2.38. The minimum atomic E-state index is -3.25. The molecule has 1 aliphatic rings. The predicted octanol–water partition coefficient (Wildman–Crippen LogP) is 1.49. The van der Waals surface area contributed by atoms with E-state index in [1.165, 1.54) is 0 Å². The van der Waals surface area contributed by atoms with Crippen molar-refractivity contribution in [1.82, 2.24) is 5.32 Å². The molecule has 0 spiro atoms. The van der Waals surface area contributed by atoms with E-state index in [0.717, 1.165) is 31.9 Å². The summed E-state index contributed by atoms with van der Waals surface area (Å²) >= 11 is 3.43. The van der Waals surface area contributed by atoms with Crippen molar-refractivity contribution in [1.29, 1.82) is 0 Å². The lowest BCUT2D eigenvalue weighted by Crippen LogP contribution is -2.53. The monoisotopic (exact) mass is 325 g/mol. The first kappa shape index (κ1) is 15.0. The molecule has 6 heteroatoms. The van der Waals surface area contributed by atoms with Crippen LogP contribution >= 0.6 is 15.9 Å². The number of hydrogen-bond donors (Lipinski definition) is 1. The Hall–Kier alpha value is -0.100. The van der Waals surface area contributed by atoms with E-state index in [1.54, 1.807) is 0 Å². The summed E-state index contributed by atoms with van der Waals surface area (Å²) < 4.78 is 22.1. The summed E-state index contributed by atoms with van der Waals surface area (Å²) in [6.45, 7) is 2.20. The molecule has 0 saturated heterocycles. The van der Waals surface area contributed by atoms with Crippen LogP contribution in [-0.2, 0) is 14.6 Å². The molecule has 1 amide bonds. The van der Waals surface area contributed by atoms with Gasteiger partial charge in [0.1, 0.15) is 5.75 Å². The molecular formula is C11H20BrNO3S. The number of halogens is 1. The van der Waals surface area contributed by atoms with Crippen molar-refractivity contribution in [2.45, 2.75) is 38.1 Å². The van der Waals surface area contributed by atoms with E-state index in [4.69, 9.17) is 0 Å². The molecule has 1 N–H and O–H groups in total. The number of hydrogen-bond acceptors (Lipinski definition) is 3. The molecule has 0 radical (unpaired) electrons. The van der Waals surface area contributed by atoms with Crippen LogP contribution in [0.5, 0.6) is 0 Å². The summed E-state index contributed by atoms with van der Waals surface area (Å²) in [5.74, 6) is -0.118. The van der Waals surface area contributed by atoms with Gasteiger partial charge in [0, 0.05) is 17.1 Å². The van der Waals surface area contributed by atoms with E-state index < -0.39 is 15.6 Å². The third-order valence-corrected chi connectivity index (χ3v) is 5.14. The van der Waals surface area contributed by atoms with Crippen molar-refractivity contribution in [2.24, 2.45) is 5.92 Å². The average Bonchev–Trinajstić information content (AvgIpc) is 2.19. The summed E-state index contributed by atoms with van der Waals surface area (Å²) in [6, 6.07) is 0. The molecule has 0 aromatic heterocycles. The third kappa shape index (κ3) is 4.95. The Morgan fingerprint density at radius 1 is 1.41 bits per heavy atom. The smallest absolute Gasteiger partial charge is 0.235 e. The highest BCUT2D eigenvalue weighted by Gasteiger charge is 2.34. The summed E-state index contributed by atoms with van der Waals surface area (Å²) in [5.41, 5.74) is -0.256. The second-order valence-electron chi connectivity index (χ2n) is 5.21. The molecule has 0 heterocycles. The maximum absolute atomic E-state index is 11.7. The number of alkyl halides is 1. The summed E-state index contributed by atoms with van der Waals surface area (Å²) in [4.78, 5) is 11.7. The highest BCUT2D eigenvalue weighted by Crippen LogP contribution is 2.33. The van der Waals surface area contributed by atoms with Gasteiger partial charge in [-0.15, -0.1) is 0 Å². The van der Waals surface area contributed by atoms with E-state index in [2.05, 4.69) is 28.2 Å². The van der Waals surface area contributed by atoms with Crippen molar-refractivity contribution in [3.8, 4) is 0 Å². The number of rotatable bonds is 4. The van der Waals surface area contributed by atoms with Gasteiger partial charge in [-0.1, -0.05) is 22.9 Å². The summed E-state index contributed by atoms with van der Waals surface area (Å²) in [5, 5.41) is 3.58. The maximum atomic E-state index is 11.7. The molecule has 0 unspecified atom stereocenters. The maximum Gasteiger partial charge on any atom is 0.235 e. The molecule has 4 nitrogen and oxygen atoms in total. The molecule has 0 aromatic carbocycles. The Morgan fingerprint density at radius 2 is 1.94 bits per heavy atom. The van der Waals surface area contributed by atoms with Gasteiger partial charge in [0.2, 0.25) is 5.91 Å². The van der Waals surface area contributed by atoms with Gasteiger partial charge in [-0.3, -0.25) is 4.79 Å². The fraction of sp³-hybridized carbons (Fsp3) is 0.909. The number of amides is 1. The number of nitrogens with one attached hydrogen (secondary N) is 1. The van der Waals surface area contributed by atoms with Gasteiger partial charge < -0.3 is 5.32 Å². The van der Waals surface area contributed by atoms with Gasteiger partial charge in [-0.05, 0) is 31.6 Å². The minimum Gasteiger partial charge on any atom is -0.349 e. The third-order valence-electron chi connectivity index (χ3n) is 3.29. The van der Waals surface area contributed by atoms with E-state index in [-0.39, 0.29) is 11.4 Å². The zero-order chi connectivity index (χ0) is 13.1. The zero-order valence-electron chi connectivity index (χ0n) is 10.3. The molecule has 0 aromatic rings. The van der Waals surface area contributed by atoms with Crippen LogP contribution in [0.2, 0.25) is 0 Å². The van der Waals surface area contributed by atoms with Gasteiger partial charge in [-0.25, -0.2) is 8.42 Å². The largest absolute Gasteiger partial charge is 0.349 e. The summed E-state index contributed by atoms with van der Waals surface area (Å²) in [7, 11) is -3.25. The quantitative estimate of drug-likeness (QED) is 0.796. The van der Waals surface area contributed by atoms with Gasteiger partial charge >= 0.3 is 0 Å². The number of carbonyl (C=O) groups is 1. The molecule has 17 heavy (non-hydrogen) atoms. The number of carbonyl (C=O) groups excluding carboxylic acids is 1. The molecular weight excluding hydrogens is 306 g/mol. The van der Waals surface area contributed by atoms with Crippen molar-refractivity contribution < 1.29 is 13.2 Å². The van der Waals surface area contributed by atoms with Crippen LogP contribution < -0.4 is 5.32 Å². The first-order valence-electron chi connectivity index (χ1n) is 5.81. The Morgan fingerprint density at radius 3 is 2.35 bits per heavy atom. The molecule has 1 aliphatic carbocycles. The predicted molar refractivity (Wildman–Crippen MR) is 72.0 cm³/mol. The standard InChI is InChI=1S/C11H20BrNO3S/c1-9-3-5-11(8-12,6-4-9)13-10(14)7-17(2,15)16/h9H,3-8H2,1-2H3,(H,13,14). The molecule has 1 fully saturated rings. The van der Waals surface area contributed by atoms with Crippen LogP contribution in [0.25, 0.3) is 0 Å². The van der Waals surface area contributed by atoms with E-state index >= 15 is 0 Å². The van der Waals surface area contributed by atoms with Gasteiger partial charge in [0.25, 0.3) is 0 Å². The molecule has 0 bridgehead atoms. The highest BCUT2D eigenvalue weighted by molar-refractivity contribution is 9.09. The van der Waals surface area contributed by atoms with Crippen LogP contribution in [-0.4, -0.2) is 37.2 Å². The Balaban J connectivity index is 2.60. The van der Waals surface area contributed by atoms with Gasteiger partial charge in [-0.2, -0.15) is 0 Å². The lowest BCUT2D eigenvalue weighted by atomic mass is 9.78. The second-order valence-corrected chi connectivity index (χ2v) is 7.92. The van der Waals surface area contributed by atoms with Crippen LogP contribution in [0.1, 0.15) is 32.6 Å². The van der Waals surface area contributed by atoms with Crippen LogP contribution in [0, 0.1) is 5.92 Å². The first-order valence-corrected chi connectivity index (χ1v) is 8.99. The van der Waals surface area contributed by atoms with Crippen molar-refractivity contribution in [2.75, 3.05) is 17.3 Å². The minimum absolute atomic E-state index is 0.256. The topological polar surface area (TPSA) is 63.2 Å². The van der Waals surface area contributed by atoms with Gasteiger partial charge in [0.15, 0.2) is 9.84 Å². The van der Waals surface area contributed by atoms with E-state index in [9.17, 15) is 13.2 Å². The van der Waals surface area contributed by atoms with Crippen LogP contribution in [0.4, 0.5) is 0 Å². The normalized spacial score (nSPS) is 29.9. The Labute approximate surface area is 112 Å². The molecule has 0 aliphatic heterocycles. The van der Waals surface area contributed by atoms with Crippen LogP contribution in [0.3, 0.4) is 0 Å². The molecule has 100 valence electrons. The molecule has 0 atom stereocenters. The first-order chi connectivity index (χ1) is 7.76. The van der Waals surface area contributed by atoms with Crippen molar-refractivity contribution >= 4 is 31.7 Å². The Bertz CT molecular complexity index is 372. The Kier molecular flexibility index (Phi) is 5.01. The summed E-state index contributed by atoms with van der Waals surface area (Å²) in [6.07, 6.45) is 5.05. The molecule has 1 rings (SSSR count). The van der Waals surface area contributed by atoms with E-state index in [0.29, 0.717) is 11.2 Å². The molecule has 1 saturated carbocycles. The van der Waals surface area contributed by atoms with Gasteiger partial charge in [0.05, 0.1) is 0 Å².